The zero-order chi connectivity index (χ0) is 12.4. The van der Waals surface area contributed by atoms with Crippen LogP contribution in [0.2, 0.25) is 0 Å². The van der Waals surface area contributed by atoms with Crippen molar-refractivity contribution in [1.29, 1.82) is 0 Å². The van der Waals surface area contributed by atoms with Crippen LogP contribution in [0.4, 0.5) is 0 Å². The maximum Gasteiger partial charge on any atom is 0.236 e. The van der Waals surface area contributed by atoms with E-state index in [2.05, 4.69) is 4.98 Å². The molecule has 0 spiro atoms. The summed E-state index contributed by atoms with van der Waals surface area (Å²) in [6.45, 7) is 0. The highest BCUT2D eigenvalue weighted by atomic mass is 32.2. The van der Waals surface area contributed by atoms with Gasteiger partial charge in [-0.2, -0.15) is 0 Å². The van der Waals surface area contributed by atoms with Crippen molar-refractivity contribution in [3.8, 4) is 10.8 Å². The zero-order valence-electron chi connectivity index (χ0n) is 9.24. The predicted octanol–water partition coefficient (Wildman–Crippen LogP) is 3.77. The highest BCUT2D eigenvalue weighted by Gasteiger charge is 2.11. The van der Waals surface area contributed by atoms with Crippen molar-refractivity contribution in [2.45, 2.75) is 9.96 Å². The van der Waals surface area contributed by atoms with Gasteiger partial charge in [-0.25, -0.2) is 4.98 Å². The van der Waals surface area contributed by atoms with Gasteiger partial charge in [0.2, 0.25) is 5.89 Å². The number of rotatable bonds is 4. The van der Waals surface area contributed by atoms with Crippen molar-refractivity contribution in [2.24, 2.45) is 0 Å². The molecule has 0 saturated heterocycles. The summed E-state index contributed by atoms with van der Waals surface area (Å²) >= 11 is 3.07. The van der Waals surface area contributed by atoms with Crippen molar-refractivity contribution >= 4 is 33.5 Å². The Bertz CT molecular complexity index is 641. The van der Waals surface area contributed by atoms with E-state index in [0.717, 1.165) is 14.8 Å². The number of aromatic nitrogens is 1. The second-order valence-electron chi connectivity index (χ2n) is 3.54. The molecule has 3 heterocycles. The van der Waals surface area contributed by atoms with Crippen LogP contribution in [0.3, 0.4) is 0 Å². The van der Waals surface area contributed by atoms with Gasteiger partial charge in [-0.05, 0) is 22.9 Å². The molecule has 92 valence electrons. The van der Waals surface area contributed by atoms with Crippen LogP contribution in [-0.4, -0.2) is 9.19 Å². The number of hydrogen-bond acceptors (Lipinski definition) is 5. The quantitative estimate of drug-likeness (QED) is 0.736. The number of oxazole rings is 1. The lowest BCUT2D eigenvalue weighted by atomic mass is 10.5. The summed E-state index contributed by atoms with van der Waals surface area (Å²) in [5.41, 5.74) is 0.727. The Labute approximate surface area is 115 Å². The van der Waals surface area contributed by atoms with Gasteiger partial charge in [0.25, 0.3) is 0 Å². The minimum atomic E-state index is -1.04. The van der Waals surface area contributed by atoms with Gasteiger partial charge in [0.15, 0.2) is 0 Å². The third-order valence-corrected chi connectivity index (χ3v) is 5.79. The van der Waals surface area contributed by atoms with E-state index >= 15 is 0 Å². The first-order valence-corrected chi connectivity index (χ1v) is 8.31. The molecule has 6 heteroatoms. The molecular formula is C12H9NO2S3. The van der Waals surface area contributed by atoms with E-state index in [1.165, 1.54) is 11.3 Å². The molecule has 3 nitrogen and oxygen atoms in total. The second kappa shape index (κ2) is 5.17. The van der Waals surface area contributed by atoms with E-state index in [9.17, 15) is 4.21 Å². The summed E-state index contributed by atoms with van der Waals surface area (Å²) in [6, 6.07) is 7.68. The molecule has 1 atom stereocenters. The monoisotopic (exact) mass is 295 g/mol. The molecular weight excluding hydrogens is 286 g/mol. The first-order chi connectivity index (χ1) is 8.83. The minimum Gasteiger partial charge on any atom is -0.444 e. The van der Waals surface area contributed by atoms with Gasteiger partial charge in [0.05, 0.1) is 31.3 Å². The van der Waals surface area contributed by atoms with Crippen LogP contribution in [-0.2, 0) is 16.6 Å². The third-order valence-electron chi connectivity index (χ3n) is 2.28. The topological polar surface area (TPSA) is 43.1 Å². The fourth-order valence-electron chi connectivity index (χ4n) is 1.49. The lowest BCUT2D eigenvalue weighted by molar-refractivity contribution is 0.574. The van der Waals surface area contributed by atoms with Gasteiger partial charge in [-0.15, -0.1) is 22.7 Å². The number of thiophene rings is 2. The van der Waals surface area contributed by atoms with Crippen LogP contribution in [0.5, 0.6) is 0 Å². The maximum absolute atomic E-state index is 12.0. The van der Waals surface area contributed by atoms with Crippen molar-refractivity contribution in [2.75, 3.05) is 0 Å². The van der Waals surface area contributed by atoms with Gasteiger partial charge in [-0.1, -0.05) is 12.1 Å². The average molecular weight is 295 g/mol. The smallest absolute Gasteiger partial charge is 0.236 e. The first-order valence-electron chi connectivity index (χ1n) is 5.23. The Morgan fingerprint density at radius 2 is 2.06 bits per heavy atom. The Morgan fingerprint density at radius 3 is 2.78 bits per heavy atom. The van der Waals surface area contributed by atoms with Gasteiger partial charge in [-0.3, -0.25) is 4.21 Å². The number of hydrogen-bond donors (Lipinski definition) is 0. The Balaban J connectivity index is 1.76. The molecule has 0 fully saturated rings. The molecule has 3 aromatic rings. The van der Waals surface area contributed by atoms with Crippen LogP contribution in [0.25, 0.3) is 10.8 Å². The summed E-state index contributed by atoms with van der Waals surface area (Å²) in [5, 5.41) is 3.90. The zero-order valence-corrected chi connectivity index (χ0v) is 11.7. The van der Waals surface area contributed by atoms with Gasteiger partial charge in [0.1, 0.15) is 6.26 Å². The Morgan fingerprint density at radius 1 is 1.22 bits per heavy atom. The molecule has 0 aliphatic heterocycles. The molecule has 0 N–H and O–H groups in total. The summed E-state index contributed by atoms with van der Waals surface area (Å²) in [6.07, 6.45) is 1.58. The molecule has 18 heavy (non-hydrogen) atoms. The van der Waals surface area contributed by atoms with Gasteiger partial charge >= 0.3 is 0 Å². The Hall–Kier alpha value is -1.24. The van der Waals surface area contributed by atoms with E-state index in [0.29, 0.717) is 11.6 Å². The van der Waals surface area contributed by atoms with Gasteiger partial charge < -0.3 is 4.42 Å². The highest BCUT2D eigenvalue weighted by molar-refractivity contribution is 7.86. The first kappa shape index (κ1) is 11.8. The van der Waals surface area contributed by atoms with E-state index < -0.39 is 10.8 Å². The molecule has 0 unspecified atom stereocenters. The molecule has 0 bridgehead atoms. The summed E-state index contributed by atoms with van der Waals surface area (Å²) in [5.74, 6) is 0.998. The van der Waals surface area contributed by atoms with Crippen molar-refractivity contribution in [3.63, 3.8) is 0 Å². The molecule has 0 aliphatic carbocycles. The molecule has 3 rings (SSSR count). The Kier molecular flexibility index (Phi) is 3.40. The second-order valence-corrected chi connectivity index (χ2v) is 7.12. The van der Waals surface area contributed by atoms with Crippen LogP contribution in [0, 0.1) is 0 Å². The van der Waals surface area contributed by atoms with Crippen LogP contribution >= 0.6 is 22.7 Å². The van der Waals surface area contributed by atoms with E-state index in [1.807, 2.05) is 35.0 Å². The van der Waals surface area contributed by atoms with Crippen LogP contribution < -0.4 is 0 Å². The van der Waals surface area contributed by atoms with Crippen molar-refractivity contribution in [3.05, 3.63) is 47.0 Å². The molecule has 0 aromatic carbocycles. The van der Waals surface area contributed by atoms with Crippen molar-refractivity contribution < 1.29 is 8.63 Å². The van der Waals surface area contributed by atoms with E-state index in [4.69, 9.17) is 4.42 Å². The van der Waals surface area contributed by atoms with Crippen LogP contribution in [0.15, 0.2) is 49.9 Å². The lowest BCUT2D eigenvalue weighted by Gasteiger charge is -1.93. The van der Waals surface area contributed by atoms with E-state index in [-0.39, 0.29) is 0 Å². The van der Waals surface area contributed by atoms with Crippen molar-refractivity contribution in [1.82, 2.24) is 4.98 Å². The lowest BCUT2D eigenvalue weighted by Crippen LogP contribution is -1.94. The fourth-order valence-corrected chi connectivity index (χ4v) is 4.14. The summed E-state index contributed by atoms with van der Waals surface area (Å²) in [7, 11) is -1.04. The van der Waals surface area contributed by atoms with Gasteiger partial charge in [0, 0.05) is 0 Å². The minimum absolute atomic E-state index is 0.398. The summed E-state index contributed by atoms with van der Waals surface area (Å²) in [4.78, 5) is 5.35. The normalized spacial score (nSPS) is 12.7. The molecule has 3 aromatic heterocycles. The molecule has 0 amide bonds. The molecule has 0 radical (unpaired) electrons. The SMILES string of the molecule is O=[S@@](Cc1coc(-c2cccs2)n1)c1cccs1. The fraction of sp³-hybridized carbons (Fsp3) is 0.0833. The molecule has 0 aliphatic rings. The highest BCUT2D eigenvalue weighted by Crippen LogP contribution is 2.25. The molecule has 0 saturated carbocycles. The largest absolute Gasteiger partial charge is 0.444 e. The number of nitrogens with zero attached hydrogens (tertiary/aromatic N) is 1. The van der Waals surface area contributed by atoms with E-state index in [1.54, 1.807) is 17.6 Å². The van der Waals surface area contributed by atoms with Crippen LogP contribution in [0.1, 0.15) is 5.69 Å². The standard InChI is InChI=1S/C12H9NO2S3/c14-18(11-4-2-6-17-11)8-9-7-15-12(13-9)10-3-1-5-16-10/h1-7H,8H2/t18-/m0/s1. The maximum atomic E-state index is 12.0. The predicted molar refractivity (Wildman–Crippen MR) is 74.2 cm³/mol. The third kappa shape index (κ3) is 2.45. The summed E-state index contributed by atoms with van der Waals surface area (Å²) < 4.78 is 18.3. The average Bonchev–Trinajstić information content (AvgIpc) is 3.12.